The van der Waals surface area contributed by atoms with Crippen molar-refractivity contribution in [2.75, 3.05) is 0 Å². The third-order valence-corrected chi connectivity index (χ3v) is 6.34. The van der Waals surface area contributed by atoms with Gasteiger partial charge in [0.2, 0.25) is 5.91 Å². The van der Waals surface area contributed by atoms with E-state index < -0.39 is 0 Å². The Kier molecular flexibility index (Phi) is 3.78. The summed E-state index contributed by atoms with van der Waals surface area (Å²) >= 11 is 0. The van der Waals surface area contributed by atoms with Crippen molar-refractivity contribution < 1.29 is 4.79 Å². The highest BCUT2D eigenvalue weighted by atomic mass is 16.2. The highest BCUT2D eigenvalue weighted by Gasteiger charge is 2.40. The fourth-order valence-electron chi connectivity index (χ4n) is 5.18. The second-order valence-corrected chi connectivity index (χ2v) is 7.61. The molecule has 3 heteroatoms. The van der Waals surface area contributed by atoms with Crippen molar-refractivity contribution >= 4 is 5.91 Å². The molecule has 2 N–H and O–H groups in total. The van der Waals surface area contributed by atoms with E-state index in [1.54, 1.807) is 0 Å². The summed E-state index contributed by atoms with van der Waals surface area (Å²) in [6.07, 6.45) is 15.4. The van der Waals surface area contributed by atoms with E-state index in [-0.39, 0.29) is 11.8 Å². The fraction of sp³-hybridized carbons (Fsp3) is 0.833. The lowest BCUT2D eigenvalue weighted by molar-refractivity contribution is -0.123. The van der Waals surface area contributed by atoms with Gasteiger partial charge >= 0.3 is 0 Å². The van der Waals surface area contributed by atoms with Crippen molar-refractivity contribution in [3.05, 3.63) is 11.8 Å². The first kappa shape index (κ1) is 13.8. The zero-order valence-electron chi connectivity index (χ0n) is 12.9. The summed E-state index contributed by atoms with van der Waals surface area (Å²) < 4.78 is 0. The van der Waals surface area contributed by atoms with Crippen LogP contribution in [0.4, 0.5) is 0 Å². The first-order valence-electron chi connectivity index (χ1n) is 9.10. The SMILES string of the molecule is O=C1N/C(=C\C2CCC3CCCCC3N2)C2CCCCC12. The van der Waals surface area contributed by atoms with E-state index in [1.807, 2.05) is 0 Å². The van der Waals surface area contributed by atoms with Gasteiger partial charge in [0.1, 0.15) is 0 Å². The molecule has 4 rings (SSSR count). The number of carbonyl (C=O) groups excluding carboxylic acids is 1. The molecule has 2 aliphatic carbocycles. The quantitative estimate of drug-likeness (QED) is 0.778. The Labute approximate surface area is 127 Å². The maximum atomic E-state index is 12.1. The molecule has 0 radical (unpaired) electrons. The van der Waals surface area contributed by atoms with E-state index >= 15 is 0 Å². The van der Waals surface area contributed by atoms with Crippen LogP contribution in [-0.2, 0) is 4.79 Å². The number of hydrogen-bond donors (Lipinski definition) is 2. The number of hydrogen-bond acceptors (Lipinski definition) is 2. The first-order valence-corrected chi connectivity index (χ1v) is 9.10. The van der Waals surface area contributed by atoms with E-state index in [4.69, 9.17) is 0 Å². The zero-order valence-corrected chi connectivity index (χ0v) is 12.9. The van der Waals surface area contributed by atoms with Crippen LogP contribution in [0, 0.1) is 17.8 Å². The molecule has 2 saturated heterocycles. The van der Waals surface area contributed by atoms with Crippen molar-refractivity contribution in [2.24, 2.45) is 17.8 Å². The minimum atomic E-state index is 0.274. The molecule has 21 heavy (non-hydrogen) atoms. The normalized spacial score (nSPS) is 45.0. The molecule has 2 saturated carbocycles. The van der Waals surface area contributed by atoms with Gasteiger partial charge < -0.3 is 10.6 Å². The predicted octanol–water partition coefficient (Wildman–Crippen LogP) is 3.12. The largest absolute Gasteiger partial charge is 0.329 e. The van der Waals surface area contributed by atoms with Gasteiger partial charge in [-0.25, -0.2) is 0 Å². The lowest BCUT2D eigenvalue weighted by atomic mass is 9.77. The molecule has 5 atom stereocenters. The maximum absolute atomic E-state index is 12.1. The van der Waals surface area contributed by atoms with Crippen molar-refractivity contribution in [3.63, 3.8) is 0 Å². The maximum Gasteiger partial charge on any atom is 0.227 e. The average molecular weight is 288 g/mol. The molecule has 0 aromatic carbocycles. The fourth-order valence-corrected chi connectivity index (χ4v) is 5.18. The van der Waals surface area contributed by atoms with Crippen molar-refractivity contribution in [2.45, 2.75) is 76.3 Å². The van der Waals surface area contributed by atoms with Crippen molar-refractivity contribution in [1.29, 1.82) is 0 Å². The van der Waals surface area contributed by atoms with Gasteiger partial charge in [-0.15, -0.1) is 0 Å². The molecule has 1 amide bonds. The summed E-state index contributed by atoms with van der Waals surface area (Å²) in [6.45, 7) is 0. The van der Waals surface area contributed by atoms with Gasteiger partial charge in [0, 0.05) is 29.6 Å². The van der Waals surface area contributed by atoms with Crippen LogP contribution in [0.3, 0.4) is 0 Å². The van der Waals surface area contributed by atoms with Gasteiger partial charge in [-0.3, -0.25) is 4.79 Å². The highest BCUT2D eigenvalue weighted by Crippen LogP contribution is 2.39. The number of amides is 1. The van der Waals surface area contributed by atoms with Gasteiger partial charge in [0.15, 0.2) is 0 Å². The summed E-state index contributed by atoms with van der Waals surface area (Å²) in [4.78, 5) is 12.1. The van der Waals surface area contributed by atoms with Crippen LogP contribution in [0.5, 0.6) is 0 Å². The van der Waals surface area contributed by atoms with Crippen LogP contribution in [0.1, 0.15) is 64.2 Å². The number of allylic oxidation sites excluding steroid dienone is 1. The third-order valence-electron chi connectivity index (χ3n) is 6.34. The molecule has 0 bridgehead atoms. The third kappa shape index (κ3) is 2.65. The van der Waals surface area contributed by atoms with E-state index in [9.17, 15) is 4.79 Å². The summed E-state index contributed by atoms with van der Waals surface area (Å²) in [5.41, 5.74) is 1.25. The van der Waals surface area contributed by atoms with Crippen LogP contribution < -0.4 is 10.6 Å². The summed E-state index contributed by atoms with van der Waals surface area (Å²) in [6, 6.07) is 1.22. The number of rotatable bonds is 1. The zero-order chi connectivity index (χ0) is 14.2. The molecule has 5 unspecified atom stereocenters. The van der Waals surface area contributed by atoms with Crippen LogP contribution in [-0.4, -0.2) is 18.0 Å². The van der Waals surface area contributed by atoms with Gasteiger partial charge in [-0.05, 0) is 50.5 Å². The second kappa shape index (κ2) is 5.75. The Bertz CT molecular complexity index is 444. The smallest absolute Gasteiger partial charge is 0.227 e. The Morgan fingerprint density at radius 1 is 0.857 bits per heavy atom. The van der Waals surface area contributed by atoms with Crippen molar-refractivity contribution in [3.8, 4) is 0 Å². The lowest BCUT2D eigenvalue weighted by Gasteiger charge is -2.40. The molecule has 0 spiro atoms. The number of carbonyl (C=O) groups is 1. The van der Waals surface area contributed by atoms with Gasteiger partial charge in [0.05, 0.1) is 0 Å². The Morgan fingerprint density at radius 3 is 2.52 bits per heavy atom. The van der Waals surface area contributed by atoms with Crippen LogP contribution in [0.15, 0.2) is 11.8 Å². The molecule has 0 aromatic rings. The summed E-state index contributed by atoms with van der Waals surface area (Å²) in [5.74, 6) is 1.97. The first-order chi connectivity index (χ1) is 10.3. The number of nitrogens with one attached hydrogen (secondary N) is 2. The highest BCUT2D eigenvalue weighted by molar-refractivity contribution is 5.84. The molecule has 0 aromatic heterocycles. The molecule has 116 valence electrons. The standard InChI is InChI=1S/C18H28N2O/c21-18-15-7-3-2-6-14(15)17(20-18)11-13-10-9-12-5-1-4-8-16(12)19-13/h11-16,19H,1-10H2,(H,20,21)/b17-11-. The number of piperidine rings is 1. The number of fused-ring (bicyclic) bond motifs is 2. The molecular formula is C18H28N2O. The summed E-state index contributed by atoms with van der Waals surface area (Å²) in [7, 11) is 0. The predicted molar refractivity (Wildman–Crippen MR) is 83.6 cm³/mol. The Hall–Kier alpha value is -0.830. The molecular weight excluding hydrogens is 260 g/mol. The minimum Gasteiger partial charge on any atom is -0.329 e. The van der Waals surface area contributed by atoms with Crippen LogP contribution in [0.25, 0.3) is 0 Å². The minimum absolute atomic E-state index is 0.274. The van der Waals surface area contributed by atoms with E-state index in [2.05, 4.69) is 16.7 Å². The molecule has 3 nitrogen and oxygen atoms in total. The van der Waals surface area contributed by atoms with Crippen molar-refractivity contribution in [1.82, 2.24) is 10.6 Å². The van der Waals surface area contributed by atoms with Crippen LogP contribution in [0.2, 0.25) is 0 Å². The molecule has 4 fully saturated rings. The lowest BCUT2D eigenvalue weighted by Crippen LogP contribution is -2.48. The van der Waals surface area contributed by atoms with Gasteiger partial charge in [0.25, 0.3) is 0 Å². The van der Waals surface area contributed by atoms with Gasteiger partial charge in [-0.1, -0.05) is 25.7 Å². The molecule has 2 aliphatic heterocycles. The van der Waals surface area contributed by atoms with E-state index in [1.165, 1.54) is 63.5 Å². The van der Waals surface area contributed by atoms with E-state index in [0.717, 1.165) is 18.4 Å². The topological polar surface area (TPSA) is 41.1 Å². The molecule has 4 aliphatic rings. The summed E-state index contributed by atoms with van der Waals surface area (Å²) in [5, 5.41) is 7.06. The van der Waals surface area contributed by atoms with Crippen LogP contribution >= 0.6 is 0 Å². The Balaban J connectivity index is 1.46. The monoisotopic (exact) mass is 288 g/mol. The van der Waals surface area contributed by atoms with Gasteiger partial charge in [-0.2, -0.15) is 0 Å². The average Bonchev–Trinajstić information content (AvgIpc) is 2.84. The molecule has 2 heterocycles. The second-order valence-electron chi connectivity index (χ2n) is 7.61. The van der Waals surface area contributed by atoms with E-state index in [0.29, 0.717) is 12.0 Å². The Morgan fingerprint density at radius 2 is 1.62 bits per heavy atom.